The number of ketones is 1. The Hall–Kier alpha value is -2.86. The molecule has 1 aliphatic rings. The Morgan fingerprint density at radius 2 is 1.65 bits per heavy atom. The number of hydrogen-bond acceptors (Lipinski definition) is 5. The summed E-state index contributed by atoms with van der Waals surface area (Å²) in [5.41, 5.74) is 3.06. The van der Waals surface area contributed by atoms with Gasteiger partial charge in [-0.3, -0.25) is 4.79 Å². The molecule has 3 aromatic rings. The lowest BCUT2D eigenvalue weighted by atomic mass is 9.88. The summed E-state index contributed by atoms with van der Waals surface area (Å²) in [5.74, 6) is 1.18. The van der Waals surface area contributed by atoms with Crippen LogP contribution in [0.4, 0.5) is 0 Å². The number of benzene rings is 2. The second-order valence-corrected chi connectivity index (χ2v) is 8.48. The van der Waals surface area contributed by atoms with Gasteiger partial charge in [0.2, 0.25) is 5.82 Å². The van der Waals surface area contributed by atoms with Gasteiger partial charge in [-0.1, -0.05) is 66.6 Å². The maximum Gasteiger partial charge on any atom is 0.204 e. The summed E-state index contributed by atoms with van der Waals surface area (Å²) in [4.78, 5) is 16.9. The molecule has 1 fully saturated rings. The number of aromatic nitrogens is 4. The van der Waals surface area contributed by atoms with Crippen LogP contribution in [0, 0.1) is 12.8 Å². The van der Waals surface area contributed by atoms with Crippen LogP contribution in [-0.4, -0.2) is 50.5 Å². The van der Waals surface area contributed by atoms with Crippen LogP contribution in [0.15, 0.2) is 54.6 Å². The first-order valence-corrected chi connectivity index (χ1v) is 11.4. The van der Waals surface area contributed by atoms with Crippen molar-refractivity contribution in [1.82, 2.24) is 25.1 Å². The van der Waals surface area contributed by atoms with E-state index < -0.39 is 0 Å². The molecule has 2 aromatic carbocycles. The van der Waals surface area contributed by atoms with Crippen molar-refractivity contribution in [3.05, 3.63) is 65.7 Å². The van der Waals surface area contributed by atoms with E-state index in [0.29, 0.717) is 11.6 Å². The summed E-state index contributed by atoms with van der Waals surface area (Å²) in [6.07, 6.45) is 5.30. The lowest BCUT2D eigenvalue weighted by Crippen LogP contribution is -2.36. The number of unbranched alkanes of at least 4 members (excludes halogenated alkanes) is 2. The summed E-state index contributed by atoms with van der Waals surface area (Å²) in [7, 11) is 0. The average Bonchev–Trinajstić information content (AvgIpc) is 3.29. The van der Waals surface area contributed by atoms with E-state index in [9.17, 15) is 4.79 Å². The SMILES string of the molecule is Cc1ccc(C(=O)C2CCN(CCCCCn3nnc(-c4ccccc4)n3)CC2)cc1. The Balaban J connectivity index is 1.12. The molecule has 0 amide bonds. The van der Waals surface area contributed by atoms with Gasteiger partial charge in [-0.05, 0) is 57.5 Å². The molecule has 1 aromatic heterocycles. The molecule has 31 heavy (non-hydrogen) atoms. The van der Waals surface area contributed by atoms with Gasteiger partial charge in [0.1, 0.15) is 0 Å². The molecule has 162 valence electrons. The maximum absolute atomic E-state index is 12.7. The maximum atomic E-state index is 12.7. The molecule has 6 nitrogen and oxygen atoms in total. The summed E-state index contributed by atoms with van der Waals surface area (Å²) < 4.78 is 0. The van der Waals surface area contributed by atoms with Gasteiger partial charge in [0.25, 0.3) is 0 Å². The highest BCUT2D eigenvalue weighted by Gasteiger charge is 2.25. The lowest BCUT2D eigenvalue weighted by molar-refractivity contribution is 0.0839. The highest BCUT2D eigenvalue weighted by molar-refractivity contribution is 5.97. The van der Waals surface area contributed by atoms with E-state index in [0.717, 1.165) is 69.4 Å². The molecule has 0 saturated carbocycles. The minimum atomic E-state index is 0.177. The van der Waals surface area contributed by atoms with Crippen LogP contribution >= 0.6 is 0 Å². The predicted octanol–water partition coefficient (Wildman–Crippen LogP) is 4.41. The van der Waals surface area contributed by atoms with Gasteiger partial charge in [-0.25, -0.2) is 0 Å². The third-order valence-electron chi connectivity index (χ3n) is 6.11. The van der Waals surface area contributed by atoms with Gasteiger partial charge in [0, 0.05) is 17.0 Å². The highest BCUT2D eigenvalue weighted by atomic mass is 16.1. The Bertz CT molecular complexity index is 959. The van der Waals surface area contributed by atoms with Crippen molar-refractivity contribution < 1.29 is 4.79 Å². The molecular formula is C25H31N5O. The van der Waals surface area contributed by atoms with Crippen LogP contribution in [0.2, 0.25) is 0 Å². The van der Waals surface area contributed by atoms with Crippen LogP contribution in [-0.2, 0) is 6.54 Å². The molecule has 0 atom stereocenters. The Morgan fingerprint density at radius 3 is 2.39 bits per heavy atom. The van der Waals surface area contributed by atoms with Crippen molar-refractivity contribution in [3.8, 4) is 11.4 Å². The number of likely N-dealkylation sites (tertiary alicyclic amines) is 1. The van der Waals surface area contributed by atoms with E-state index in [1.807, 2.05) is 54.6 Å². The predicted molar refractivity (Wildman–Crippen MR) is 122 cm³/mol. The second-order valence-electron chi connectivity index (χ2n) is 8.48. The number of carbonyl (C=O) groups is 1. The molecule has 1 saturated heterocycles. The fourth-order valence-electron chi connectivity index (χ4n) is 4.18. The first-order chi connectivity index (χ1) is 15.2. The van der Waals surface area contributed by atoms with Crippen molar-refractivity contribution in [2.75, 3.05) is 19.6 Å². The zero-order valence-electron chi connectivity index (χ0n) is 18.3. The Labute approximate surface area is 184 Å². The zero-order chi connectivity index (χ0) is 21.5. The normalized spacial score (nSPS) is 15.3. The molecule has 0 spiro atoms. The largest absolute Gasteiger partial charge is 0.303 e. The van der Waals surface area contributed by atoms with E-state index in [-0.39, 0.29) is 5.92 Å². The first-order valence-electron chi connectivity index (χ1n) is 11.4. The van der Waals surface area contributed by atoms with Gasteiger partial charge in [0.15, 0.2) is 5.78 Å². The van der Waals surface area contributed by atoms with Gasteiger partial charge >= 0.3 is 0 Å². The Morgan fingerprint density at radius 1 is 0.935 bits per heavy atom. The Kier molecular flexibility index (Phi) is 7.20. The van der Waals surface area contributed by atoms with Crippen LogP contribution in [0.1, 0.15) is 48.0 Å². The molecule has 0 unspecified atom stereocenters. The number of Topliss-reactive ketones (excluding diaryl/α,β-unsaturated/α-hetero) is 1. The van der Waals surface area contributed by atoms with E-state index in [1.165, 1.54) is 5.56 Å². The number of nitrogens with zero attached hydrogens (tertiary/aromatic N) is 5. The van der Waals surface area contributed by atoms with Crippen molar-refractivity contribution in [1.29, 1.82) is 0 Å². The monoisotopic (exact) mass is 417 g/mol. The summed E-state index contributed by atoms with van der Waals surface area (Å²) in [6.45, 7) is 6.00. The van der Waals surface area contributed by atoms with Gasteiger partial charge in [0.05, 0.1) is 6.54 Å². The topological polar surface area (TPSA) is 63.9 Å². The average molecular weight is 418 g/mol. The molecule has 6 heteroatoms. The standard InChI is InChI=1S/C25H31N5O/c1-20-10-12-21(13-11-20)24(31)22-14-18-29(19-15-22)16-6-3-7-17-30-27-25(26-28-30)23-8-4-2-5-9-23/h2,4-5,8-13,22H,3,6-7,14-19H2,1H3. The minimum absolute atomic E-state index is 0.177. The number of tetrazole rings is 1. The molecular weight excluding hydrogens is 386 g/mol. The fraction of sp³-hybridized carbons (Fsp3) is 0.440. The second kappa shape index (κ2) is 10.4. The third-order valence-corrected chi connectivity index (χ3v) is 6.11. The van der Waals surface area contributed by atoms with Crippen molar-refractivity contribution >= 4 is 5.78 Å². The number of rotatable bonds is 9. The number of piperidine rings is 1. The van der Waals surface area contributed by atoms with Crippen molar-refractivity contribution in [3.63, 3.8) is 0 Å². The number of aryl methyl sites for hydroxylation is 2. The van der Waals surface area contributed by atoms with E-state index in [4.69, 9.17) is 0 Å². The minimum Gasteiger partial charge on any atom is -0.303 e. The molecule has 0 bridgehead atoms. The molecule has 2 heterocycles. The van der Waals surface area contributed by atoms with Crippen molar-refractivity contribution in [2.24, 2.45) is 5.92 Å². The summed E-state index contributed by atoms with van der Waals surface area (Å²) in [6, 6.07) is 17.9. The van der Waals surface area contributed by atoms with E-state index in [2.05, 4.69) is 27.2 Å². The number of carbonyl (C=O) groups excluding carboxylic acids is 1. The third kappa shape index (κ3) is 5.85. The van der Waals surface area contributed by atoms with Gasteiger partial charge in [-0.15, -0.1) is 10.2 Å². The highest BCUT2D eigenvalue weighted by Crippen LogP contribution is 2.22. The molecule has 0 aliphatic carbocycles. The molecule has 1 aliphatic heterocycles. The van der Waals surface area contributed by atoms with Crippen LogP contribution in [0.5, 0.6) is 0 Å². The number of hydrogen-bond donors (Lipinski definition) is 0. The first kappa shape index (κ1) is 21.4. The fourth-order valence-corrected chi connectivity index (χ4v) is 4.18. The van der Waals surface area contributed by atoms with E-state index in [1.54, 1.807) is 4.80 Å². The lowest BCUT2D eigenvalue weighted by Gasteiger charge is -2.31. The molecule has 0 N–H and O–H groups in total. The van der Waals surface area contributed by atoms with Crippen LogP contribution < -0.4 is 0 Å². The van der Waals surface area contributed by atoms with Gasteiger partial charge < -0.3 is 4.90 Å². The van der Waals surface area contributed by atoms with E-state index >= 15 is 0 Å². The summed E-state index contributed by atoms with van der Waals surface area (Å²) in [5, 5.41) is 12.8. The zero-order valence-corrected chi connectivity index (χ0v) is 18.3. The quantitative estimate of drug-likeness (QED) is 0.381. The summed E-state index contributed by atoms with van der Waals surface area (Å²) >= 11 is 0. The van der Waals surface area contributed by atoms with Crippen molar-refractivity contribution in [2.45, 2.75) is 45.6 Å². The van der Waals surface area contributed by atoms with Crippen LogP contribution in [0.25, 0.3) is 11.4 Å². The van der Waals surface area contributed by atoms with Gasteiger partial charge in [-0.2, -0.15) is 4.80 Å². The van der Waals surface area contributed by atoms with Crippen LogP contribution in [0.3, 0.4) is 0 Å². The molecule has 0 radical (unpaired) electrons. The molecule has 4 rings (SSSR count). The smallest absolute Gasteiger partial charge is 0.204 e.